The van der Waals surface area contributed by atoms with Crippen molar-refractivity contribution in [2.45, 2.75) is 44.3 Å². The number of anilines is 2. The van der Waals surface area contributed by atoms with Crippen LogP contribution in [0.2, 0.25) is 0 Å². The summed E-state index contributed by atoms with van der Waals surface area (Å²) in [5.74, 6) is -0.151. The number of amides is 2. The van der Waals surface area contributed by atoms with Crippen LogP contribution < -0.4 is 10.6 Å². The number of para-hydroxylation sites is 1. The highest BCUT2D eigenvalue weighted by molar-refractivity contribution is 8.00. The zero-order chi connectivity index (χ0) is 22.4. The molecule has 0 fully saturated rings. The fraction of sp³-hybridized carbons (Fsp3) is 0.231. The summed E-state index contributed by atoms with van der Waals surface area (Å²) in [5, 5.41) is 5.77. The number of carbonyl (C=O) groups excluding carboxylic acids is 2. The molecule has 3 aromatic rings. The van der Waals surface area contributed by atoms with Crippen LogP contribution in [0.15, 0.2) is 71.6 Å². The van der Waals surface area contributed by atoms with Crippen LogP contribution in [0.1, 0.15) is 40.9 Å². The normalized spacial score (nSPS) is 11.6. The molecule has 1 unspecified atom stereocenters. The fourth-order valence-corrected chi connectivity index (χ4v) is 4.19. The number of nitrogens with one attached hydrogen (secondary N) is 2. The molecule has 0 aliphatic heterocycles. The number of hydrogen-bond acceptors (Lipinski definition) is 3. The van der Waals surface area contributed by atoms with Crippen molar-refractivity contribution in [2.24, 2.45) is 0 Å². The first-order valence-corrected chi connectivity index (χ1v) is 11.3. The largest absolute Gasteiger partial charge is 0.325 e. The smallest absolute Gasteiger partial charge is 0.255 e. The Morgan fingerprint density at radius 1 is 0.871 bits per heavy atom. The first-order chi connectivity index (χ1) is 14.9. The van der Waals surface area contributed by atoms with Gasteiger partial charge in [0.2, 0.25) is 5.91 Å². The van der Waals surface area contributed by atoms with E-state index in [9.17, 15) is 9.59 Å². The maximum atomic E-state index is 12.7. The Kier molecular flexibility index (Phi) is 7.53. The molecule has 4 nitrogen and oxygen atoms in total. The molecule has 3 aromatic carbocycles. The van der Waals surface area contributed by atoms with Gasteiger partial charge in [0.05, 0.1) is 5.25 Å². The molecule has 0 aliphatic carbocycles. The first kappa shape index (κ1) is 22.6. The van der Waals surface area contributed by atoms with E-state index in [0.717, 1.165) is 39.4 Å². The van der Waals surface area contributed by atoms with E-state index in [4.69, 9.17) is 0 Å². The molecule has 0 saturated carbocycles. The van der Waals surface area contributed by atoms with Crippen molar-refractivity contribution in [3.05, 3.63) is 89.0 Å². The van der Waals surface area contributed by atoms with Crippen LogP contribution in [-0.4, -0.2) is 17.1 Å². The lowest BCUT2D eigenvalue weighted by Gasteiger charge is -2.16. The van der Waals surface area contributed by atoms with E-state index >= 15 is 0 Å². The number of thioether (sulfide) groups is 1. The predicted octanol–water partition coefficient (Wildman–Crippen LogP) is 6.24. The van der Waals surface area contributed by atoms with Crippen LogP contribution in [0, 0.1) is 13.8 Å². The molecule has 0 heterocycles. The van der Waals surface area contributed by atoms with Gasteiger partial charge in [0.25, 0.3) is 5.91 Å². The molecule has 31 heavy (non-hydrogen) atoms. The van der Waals surface area contributed by atoms with Crippen molar-refractivity contribution >= 4 is 35.0 Å². The monoisotopic (exact) mass is 432 g/mol. The molecular formula is C26H28N2O2S. The quantitative estimate of drug-likeness (QED) is 0.435. The Bertz CT molecular complexity index is 1080. The summed E-state index contributed by atoms with van der Waals surface area (Å²) in [7, 11) is 0. The standard InChI is InChI=1S/C26H28N2O2S/c1-5-20-11-8-10-18(3)24(20)28-25(29)19(4)31-22-15-13-21(14-16-22)27-26(30)23-12-7-6-9-17(23)2/h6-16,19H,5H2,1-4H3,(H,27,30)(H,28,29). The Labute approximate surface area is 188 Å². The van der Waals surface area contributed by atoms with E-state index < -0.39 is 0 Å². The average Bonchev–Trinajstić information content (AvgIpc) is 2.76. The summed E-state index contributed by atoms with van der Waals surface area (Å²) in [5.41, 5.74) is 5.44. The van der Waals surface area contributed by atoms with E-state index in [0.29, 0.717) is 5.56 Å². The van der Waals surface area contributed by atoms with Crippen molar-refractivity contribution in [1.29, 1.82) is 0 Å². The molecule has 0 bridgehead atoms. The third-order valence-electron chi connectivity index (χ3n) is 5.17. The molecular weight excluding hydrogens is 404 g/mol. The Balaban J connectivity index is 1.61. The van der Waals surface area contributed by atoms with Gasteiger partial charge in [-0.2, -0.15) is 0 Å². The zero-order valence-electron chi connectivity index (χ0n) is 18.4. The topological polar surface area (TPSA) is 58.2 Å². The molecule has 0 aromatic heterocycles. The molecule has 0 radical (unpaired) electrons. The third-order valence-corrected chi connectivity index (χ3v) is 6.28. The lowest BCUT2D eigenvalue weighted by Crippen LogP contribution is -2.23. The molecule has 0 saturated heterocycles. The lowest BCUT2D eigenvalue weighted by atomic mass is 10.1. The molecule has 3 rings (SSSR count). The summed E-state index contributed by atoms with van der Waals surface area (Å²) < 4.78 is 0. The first-order valence-electron chi connectivity index (χ1n) is 10.4. The van der Waals surface area contributed by atoms with Crippen LogP contribution in [-0.2, 0) is 11.2 Å². The van der Waals surface area contributed by atoms with Gasteiger partial charge in [-0.3, -0.25) is 9.59 Å². The van der Waals surface area contributed by atoms with Gasteiger partial charge in [-0.1, -0.05) is 43.3 Å². The number of aryl methyl sites for hydroxylation is 3. The second kappa shape index (κ2) is 10.3. The van der Waals surface area contributed by atoms with Gasteiger partial charge in [-0.15, -0.1) is 11.8 Å². The second-order valence-electron chi connectivity index (χ2n) is 7.51. The third kappa shape index (κ3) is 5.76. The minimum Gasteiger partial charge on any atom is -0.325 e. The van der Waals surface area contributed by atoms with E-state index in [1.165, 1.54) is 11.8 Å². The van der Waals surface area contributed by atoms with Gasteiger partial charge in [-0.05, 0) is 74.2 Å². The van der Waals surface area contributed by atoms with Crippen LogP contribution in [0.4, 0.5) is 11.4 Å². The van der Waals surface area contributed by atoms with Crippen LogP contribution in [0.3, 0.4) is 0 Å². The molecule has 5 heteroatoms. The molecule has 2 amide bonds. The van der Waals surface area contributed by atoms with Crippen molar-refractivity contribution in [3.8, 4) is 0 Å². The maximum Gasteiger partial charge on any atom is 0.255 e. The predicted molar refractivity (Wildman–Crippen MR) is 130 cm³/mol. The van der Waals surface area contributed by atoms with Crippen molar-refractivity contribution < 1.29 is 9.59 Å². The number of hydrogen-bond donors (Lipinski definition) is 2. The Morgan fingerprint density at radius 3 is 2.23 bits per heavy atom. The van der Waals surface area contributed by atoms with Crippen LogP contribution in [0.25, 0.3) is 0 Å². The second-order valence-corrected chi connectivity index (χ2v) is 8.92. The molecule has 0 aliphatic rings. The lowest BCUT2D eigenvalue weighted by molar-refractivity contribution is -0.115. The summed E-state index contributed by atoms with van der Waals surface area (Å²) >= 11 is 1.49. The highest BCUT2D eigenvalue weighted by Gasteiger charge is 2.17. The zero-order valence-corrected chi connectivity index (χ0v) is 19.2. The SMILES string of the molecule is CCc1cccc(C)c1NC(=O)C(C)Sc1ccc(NC(=O)c2ccccc2C)cc1. The number of carbonyl (C=O) groups is 2. The molecule has 2 N–H and O–H groups in total. The molecule has 0 spiro atoms. The van der Waals surface area contributed by atoms with E-state index in [1.54, 1.807) is 0 Å². The van der Waals surface area contributed by atoms with Crippen LogP contribution >= 0.6 is 11.8 Å². The highest BCUT2D eigenvalue weighted by Crippen LogP contribution is 2.27. The van der Waals surface area contributed by atoms with Gasteiger partial charge in [0.15, 0.2) is 0 Å². The van der Waals surface area contributed by atoms with Crippen molar-refractivity contribution in [3.63, 3.8) is 0 Å². The molecule has 160 valence electrons. The summed E-state index contributed by atoms with van der Waals surface area (Å²) in [6, 6.07) is 21.1. The maximum absolute atomic E-state index is 12.7. The Hall–Kier alpha value is -3.05. The summed E-state index contributed by atoms with van der Waals surface area (Å²) in [4.78, 5) is 26.2. The summed E-state index contributed by atoms with van der Waals surface area (Å²) in [6.07, 6.45) is 0.870. The minimum atomic E-state index is -0.253. The van der Waals surface area contributed by atoms with Crippen molar-refractivity contribution in [2.75, 3.05) is 10.6 Å². The van der Waals surface area contributed by atoms with E-state index in [1.807, 2.05) is 87.5 Å². The average molecular weight is 433 g/mol. The van der Waals surface area contributed by atoms with Gasteiger partial charge in [-0.25, -0.2) is 0 Å². The fourth-order valence-electron chi connectivity index (χ4n) is 3.33. The van der Waals surface area contributed by atoms with Gasteiger partial charge in [0.1, 0.15) is 0 Å². The highest BCUT2D eigenvalue weighted by atomic mass is 32.2. The van der Waals surface area contributed by atoms with E-state index in [-0.39, 0.29) is 17.1 Å². The number of rotatable bonds is 7. The van der Waals surface area contributed by atoms with Gasteiger partial charge >= 0.3 is 0 Å². The molecule has 1 atom stereocenters. The minimum absolute atomic E-state index is 0.0223. The Morgan fingerprint density at radius 2 is 1.55 bits per heavy atom. The van der Waals surface area contributed by atoms with Crippen molar-refractivity contribution in [1.82, 2.24) is 0 Å². The van der Waals surface area contributed by atoms with E-state index in [2.05, 4.69) is 17.6 Å². The number of benzene rings is 3. The summed E-state index contributed by atoms with van der Waals surface area (Å²) in [6.45, 7) is 7.91. The van der Waals surface area contributed by atoms with Gasteiger partial charge in [0, 0.05) is 21.8 Å². The van der Waals surface area contributed by atoms with Crippen LogP contribution in [0.5, 0.6) is 0 Å². The van der Waals surface area contributed by atoms with Gasteiger partial charge < -0.3 is 10.6 Å².